The van der Waals surface area contributed by atoms with Crippen molar-refractivity contribution >= 4 is 43.6 Å². The van der Waals surface area contributed by atoms with Crippen LogP contribution in [0.4, 0.5) is 0 Å². The van der Waals surface area contributed by atoms with E-state index < -0.39 is 5.91 Å². The molecule has 0 aliphatic carbocycles. The Bertz CT molecular complexity index is 1400. The first-order valence-electron chi connectivity index (χ1n) is 9.68. The van der Waals surface area contributed by atoms with Gasteiger partial charge in [-0.1, -0.05) is 64.5 Å². The van der Waals surface area contributed by atoms with E-state index in [1.807, 2.05) is 48.5 Å². The summed E-state index contributed by atoms with van der Waals surface area (Å²) in [5.41, 5.74) is 11.6. The van der Waals surface area contributed by atoms with Crippen molar-refractivity contribution in [2.45, 2.75) is 6.54 Å². The van der Waals surface area contributed by atoms with Gasteiger partial charge in [0.25, 0.3) is 0 Å². The number of fused-ring (bicyclic) bond motifs is 3. The molecule has 5 rings (SSSR count). The van der Waals surface area contributed by atoms with Crippen molar-refractivity contribution in [3.63, 3.8) is 0 Å². The number of benzene rings is 4. The zero-order valence-corrected chi connectivity index (χ0v) is 17.7. The predicted molar refractivity (Wildman–Crippen MR) is 125 cm³/mol. The molecule has 2 N–H and O–H groups in total. The van der Waals surface area contributed by atoms with Gasteiger partial charge in [0.1, 0.15) is 0 Å². The Hall–Kier alpha value is -3.37. The minimum absolute atomic E-state index is 0.428. The summed E-state index contributed by atoms with van der Waals surface area (Å²) in [6.07, 6.45) is 0. The van der Waals surface area contributed by atoms with Crippen LogP contribution in [0.15, 0.2) is 89.4 Å². The standard InChI is InChI=1S/C26H18BrN2O/c27-20-9-4-6-17(14-20)16-29-23-11-5-10-22(26(28)30)25(23)21-13-12-19(15-24(21)29)18-7-2-1-3-8-18/h1-12,14-15H,16H2,(H2,28,30). The fourth-order valence-electron chi connectivity index (χ4n) is 4.05. The Morgan fingerprint density at radius 3 is 2.47 bits per heavy atom. The van der Waals surface area contributed by atoms with Crippen molar-refractivity contribution in [1.82, 2.24) is 4.57 Å². The molecule has 0 aliphatic heterocycles. The monoisotopic (exact) mass is 453 g/mol. The number of nitrogens with two attached hydrogens (primary N) is 1. The normalized spacial score (nSPS) is 11.2. The molecule has 1 radical (unpaired) electrons. The van der Waals surface area contributed by atoms with Gasteiger partial charge >= 0.3 is 0 Å². The fourth-order valence-corrected chi connectivity index (χ4v) is 4.49. The molecule has 0 saturated heterocycles. The molecule has 145 valence electrons. The fraction of sp³-hybridized carbons (Fsp3) is 0.0385. The average molecular weight is 454 g/mol. The highest BCUT2D eigenvalue weighted by Crippen LogP contribution is 2.34. The molecule has 0 atom stereocenters. The van der Waals surface area contributed by atoms with Crippen molar-refractivity contribution in [3.8, 4) is 11.1 Å². The Morgan fingerprint density at radius 2 is 1.70 bits per heavy atom. The summed E-state index contributed by atoms with van der Waals surface area (Å²) in [5, 5.41) is 1.77. The second-order valence-electron chi connectivity index (χ2n) is 7.29. The maximum atomic E-state index is 12.2. The number of nitrogens with zero attached hydrogens (tertiary/aromatic N) is 1. The minimum Gasteiger partial charge on any atom is -0.366 e. The van der Waals surface area contributed by atoms with E-state index >= 15 is 0 Å². The lowest BCUT2D eigenvalue weighted by Gasteiger charge is -2.09. The van der Waals surface area contributed by atoms with Gasteiger partial charge in [-0.05, 0) is 59.2 Å². The molecule has 30 heavy (non-hydrogen) atoms. The average Bonchev–Trinajstić information content (AvgIpc) is 3.07. The minimum atomic E-state index is -0.428. The van der Waals surface area contributed by atoms with Crippen LogP contribution in [0, 0.1) is 6.07 Å². The Balaban J connectivity index is 1.81. The van der Waals surface area contributed by atoms with Crippen LogP contribution in [0.5, 0.6) is 0 Å². The first-order valence-corrected chi connectivity index (χ1v) is 10.5. The molecule has 3 nitrogen and oxygen atoms in total. The summed E-state index contributed by atoms with van der Waals surface area (Å²) in [6, 6.07) is 31.8. The second-order valence-corrected chi connectivity index (χ2v) is 8.21. The van der Waals surface area contributed by atoms with E-state index in [1.165, 1.54) is 0 Å². The lowest BCUT2D eigenvalue weighted by Crippen LogP contribution is -2.11. The van der Waals surface area contributed by atoms with Crippen LogP contribution in [0.1, 0.15) is 15.9 Å². The molecule has 0 aliphatic rings. The highest BCUT2D eigenvalue weighted by atomic mass is 79.9. The van der Waals surface area contributed by atoms with E-state index in [4.69, 9.17) is 5.73 Å². The van der Waals surface area contributed by atoms with Crippen molar-refractivity contribution in [1.29, 1.82) is 0 Å². The summed E-state index contributed by atoms with van der Waals surface area (Å²) in [7, 11) is 0. The highest BCUT2D eigenvalue weighted by Gasteiger charge is 2.17. The number of hydrogen-bond donors (Lipinski definition) is 1. The number of halogens is 1. The molecule has 0 fully saturated rings. The molecule has 4 heteroatoms. The number of carbonyl (C=O) groups is 1. The van der Waals surface area contributed by atoms with Gasteiger partial charge in [-0.3, -0.25) is 4.79 Å². The van der Waals surface area contributed by atoms with Crippen LogP contribution >= 0.6 is 15.9 Å². The molecule has 5 aromatic rings. The number of rotatable bonds is 4. The van der Waals surface area contributed by atoms with Crippen LogP contribution < -0.4 is 5.73 Å². The largest absolute Gasteiger partial charge is 0.366 e. The zero-order chi connectivity index (χ0) is 20.7. The second kappa shape index (κ2) is 7.47. The molecule has 4 aromatic carbocycles. The van der Waals surface area contributed by atoms with Crippen molar-refractivity contribution in [2.75, 3.05) is 0 Å². The maximum absolute atomic E-state index is 12.2. The Morgan fingerprint density at radius 1 is 0.900 bits per heavy atom. The van der Waals surface area contributed by atoms with Gasteiger partial charge < -0.3 is 10.3 Å². The summed E-state index contributed by atoms with van der Waals surface area (Å²) in [5.74, 6) is -0.428. The summed E-state index contributed by atoms with van der Waals surface area (Å²) >= 11 is 3.56. The quantitative estimate of drug-likeness (QED) is 0.347. The van der Waals surface area contributed by atoms with E-state index in [1.54, 1.807) is 6.07 Å². The molecule has 0 unspecified atom stereocenters. The predicted octanol–water partition coefficient (Wildman–Crippen LogP) is 6.17. The number of primary amides is 1. The third-order valence-corrected chi connectivity index (χ3v) is 5.89. The van der Waals surface area contributed by atoms with E-state index in [0.29, 0.717) is 12.1 Å². The SMILES string of the molecule is NC(=O)c1cccc2c1c1[c]cc(-c3ccccc3)cc1n2Cc1cccc(Br)c1. The van der Waals surface area contributed by atoms with Gasteiger partial charge in [0.15, 0.2) is 0 Å². The van der Waals surface area contributed by atoms with Gasteiger partial charge in [-0.25, -0.2) is 0 Å². The molecular weight excluding hydrogens is 436 g/mol. The van der Waals surface area contributed by atoms with Gasteiger partial charge in [0.2, 0.25) is 5.91 Å². The van der Waals surface area contributed by atoms with Crippen LogP contribution in [0.25, 0.3) is 32.9 Å². The van der Waals surface area contributed by atoms with Crippen molar-refractivity contribution < 1.29 is 4.79 Å². The van der Waals surface area contributed by atoms with Crippen LogP contribution in [-0.4, -0.2) is 10.5 Å². The zero-order valence-electron chi connectivity index (χ0n) is 16.1. The molecule has 0 spiro atoms. The first-order chi connectivity index (χ1) is 14.6. The number of carbonyl (C=O) groups excluding carboxylic acids is 1. The summed E-state index contributed by atoms with van der Waals surface area (Å²) < 4.78 is 3.28. The third kappa shape index (κ3) is 3.19. The van der Waals surface area contributed by atoms with Crippen LogP contribution in [-0.2, 0) is 6.54 Å². The summed E-state index contributed by atoms with van der Waals surface area (Å²) in [6.45, 7) is 0.674. The maximum Gasteiger partial charge on any atom is 0.249 e. The molecular formula is C26H18BrN2O. The smallest absolute Gasteiger partial charge is 0.249 e. The van der Waals surface area contributed by atoms with Gasteiger partial charge in [0, 0.05) is 27.4 Å². The lowest BCUT2D eigenvalue weighted by molar-refractivity contribution is 0.100. The van der Waals surface area contributed by atoms with E-state index in [-0.39, 0.29) is 0 Å². The van der Waals surface area contributed by atoms with E-state index in [2.05, 4.69) is 56.9 Å². The Labute approximate surface area is 182 Å². The highest BCUT2D eigenvalue weighted by molar-refractivity contribution is 9.10. The molecule has 1 heterocycles. The summed E-state index contributed by atoms with van der Waals surface area (Å²) in [4.78, 5) is 12.2. The van der Waals surface area contributed by atoms with Crippen molar-refractivity contribution in [2.24, 2.45) is 5.73 Å². The lowest BCUT2D eigenvalue weighted by atomic mass is 10.0. The first kappa shape index (κ1) is 18.6. The van der Waals surface area contributed by atoms with E-state index in [9.17, 15) is 4.79 Å². The number of aromatic nitrogens is 1. The third-order valence-electron chi connectivity index (χ3n) is 5.40. The van der Waals surface area contributed by atoms with Gasteiger partial charge in [-0.15, -0.1) is 0 Å². The molecule has 1 amide bonds. The number of hydrogen-bond acceptors (Lipinski definition) is 1. The van der Waals surface area contributed by atoms with E-state index in [0.717, 1.165) is 43.0 Å². The molecule has 1 aromatic heterocycles. The van der Waals surface area contributed by atoms with Crippen molar-refractivity contribution in [3.05, 3.63) is 107 Å². The van der Waals surface area contributed by atoms with Crippen LogP contribution in [0.3, 0.4) is 0 Å². The molecule has 0 bridgehead atoms. The molecule has 0 saturated carbocycles. The topological polar surface area (TPSA) is 48.0 Å². The number of amides is 1. The van der Waals surface area contributed by atoms with Crippen LogP contribution in [0.2, 0.25) is 0 Å². The van der Waals surface area contributed by atoms with Gasteiger partial charge in [-0.2, -0.15) is 0 Å². The van der Waals surface area contributed by atoms with Gasteiger partial charge in [0.05, 0.1) is 11.0 Å². The Kier molecular flexibility index (Phi) is 4.64.